The number of hydrogen-bond acceptors (Lipinski definition) is 1. The molecule has 2 unspecified atom stereocenters. The summed E-state index contributed by atoms with van der Waals surface area (Å²) in [6.45, 7) is 6.11. The zero-order valence-electron chi connectivity index (χ0n) is 13.3. The largest absolute Gasteiger partial charge is 0.393 e. The Morgan fingerprint density at radius 3 is 1.90 bits per heavy atom. The molecule has 0 aliphatic heterocycles. The second-order valence-electron chi connectivity index (χ2n) is 6.22. The highest BCUT2D eigenvalue weighted by Gasteiger charge is 2.14. The summed E-state index contributed by atoms with van der Waals surface area (Å²) >= 11 is 0. The molecule has 2 atom stereocenters. The van der Waals surface area contributed by atoms with Crippen LogP contribution in [-0.4, -0.2) is 11.2 Å². The van der Waals surface area contributed by atoms with Gasteiger partial charge >= 0.3 is 0 Å². The van der Waals surface area contributed by atoms with Crippen LogP contribution in [0.2, 0.25) is 0 Å². The molecule has 0 heterocycles. The van der Waals surface area contributed by atoms with Crippen molar-refractivity contribution in [2.75, 3.05) is 0 Å². The van der Waals surface area contributed by atoms with E-state index in [2.05, 4.69) is 62.4 Å². The van der Waals surface area contributed by atoms with E-state index in [0.29, 0.717) is 5.92 Å². The second kappa shape index (κ2) is 7.42. The summed E-state index contributed by atoms with van der Waals surface area (Å²) in [4.78, 5) is 0. The van der Waals surface area contributed by atoms with Crippen molar-refractivity contribution in [1.82, 2.24) is 0 Å². The van der Waals surface area contributed by atoms with Crippen molar-refractivity contribution in [3.63, 3.8) is 0 Å². The Kier molecular flexibility index (Phi) is 5.58. The molecule has 0 spiro atoms. The van der Waals surface area contributed by atoms with Gasteiger partial charge in [0, 0.05) is 0 Å². The highest BCUT2D eigenvalue weighted by molar-refractivity contribution is 5.26. The Morgan fingerprint density at radius 2 is 1.38 bits per heavy atom. The lowest BCUT2D eigenvalue weighted by Gasteiger charge is -2.19. The van der Waals surface area contributed by atoms with Crippen LogP contribution in [0, 0.1) is 13.8 Å². The molecule has 2 aromatic carbocycles. The maximum absolute atomic E-state index is 9.77. The van der Waals surface area contributed by atoms with Crippen molar-refractivity contribution in [2.24, 2.45) is 0 Å². The third-order valence-electron chi connectivity index (χ3n) is 4.08. The quantitative estimate of drug-likeness (QED) is 0.807. The molecule has 0 fully saturated rings. The first-order valence-corrected chi connectivity index (χ1v) is 7.85. The van der Waals surface area contributed by atoms with Crippen LogP contribution in [0.15, 0.2) is 48.5 Å². The zero-order valence-corrected chi connectivity index (χ0v) is 13.3. The molecule has 112 valence electrons. The number of rotatable bonds is 6. The van der Waals surface area contributed by atoms with E-state index in [0.717, 1.165) is 19.3 Å². The Labute approximate surface area is 128 Å². The lowest BCUT2D eigenvalue weighted by molar-refractivity contribution is 0.172. The average molecular weight is 282 g/mol. The van der Waals surface area contributed by atoms with Gasteiger partial charge in [0.15, 0.2) is 0 Å². The lowest BCUT2D eigenvalue weighted by atomic mass is 9.87. The summed E-state index contributed by atoms with van der Waals surface area (Å²) in [5.74, 6) is 0.423. The molecule has 2 rings (SSSR count). The van der Waals surface area contributed by atoms with Crippen molar-refractivity contribution >= 4 is 0 Å². The molecule has 0 aliphatic carbocycles. The number of hydrogen-bond donors (Lipinski definition) is 1. The first-order chi connectivity index (χ1) is 10.0. The van der Waals surface area contributed by atoms with E-state index in [-0.39, 0.29) is 6.10 Å². The summed E-state index contributed by atoms with van der Waals surface area (Å²) in [5.41, 5.74) is 5.31. The highest BCUT2D eigenvalue weighted by atomic mass is 16.3. The third kappa shape index (κ3) is 5.02. The van der Waals surface area contributed by atoms with Crippen molar-refractivity contribution in [3.8, 4) is 0 Å². The van der Waals surface area contributed by atoms with Crippen molar-refractivity contribution < 1.29 is 5.11 Å². The van der Waals surface area contributed by atoms with Crippen LogP contribution in [-0.2, 0) is 6.42 Å². The first-order valence-electron chi connectivity index (χ1n) is 7.85. The normalized spacial score (nSPS) is 13.9. The summed E-state index contributed by atoms with van der Waals surface area (Å²) in [7, 11) is 0. The lowest BCUT2D eigenvalue weighted by Crippen LogP contribution is -2.10. The van der Waals surface area contributed by atoms with E-state index in [4.69, 9.17) is 0 Å². The molecule has 1 heteroatoms. The van der Waals surface area contributed by atoms with Crippen molar-refractivity contribution in [3.05, 3.63) is 70.8 Å². The topological polar surface area (TPSA) is 20.2 Å². The van der Waals surface area contributed by atoms with Gasteiger partial charge in [-0.25, -0.2) is 0 Å². The monoisotopic (exact) mass is 282 g/mol. The first kappa shape index (κ1) is 15.8. The molecule has 1 N–H and O–H groups in total. The van der Waals surface area contributed by atoms with Crippen LogP contribution in [0.3, 0.4) is 0 Å². The van der Waals surface area contributed by atoms with Gasteiger partial charge in [-0.15, -0.1) is 0 Å². The van der Waals surface area contributed by atoms with Crippen LogP contribution in [0.5, 0.6) is 0 Å². The maximum atomic E-state index is 9.77. The number of aliphatic hydroxyl groups excluding tert-OH is 1. The van der Waals surface area contributed by atoms with Gasteiger partial charge in [0.2, 0.25) is 0 Å². The van der Waals surface area contributed by atoms with E-state index < -0.39 is 0 Å². The molecule has 0 radical (unpaired) electrons. The standard InChI is InChI=1S/C20H26O/c1-15-4-8-18(9-5-15)10-13-20(14-17(3)21)19-11-6-16(2)7-12-19/h4-9,11-12,17,20-21H,10,13-14H2,1-3H3. The summed E-state index contributed by atoms with van der Waals surface area (Å²) in [5, 5.41) is 9.77. The molecule has 0 aromatic heterocycles. The Morgan fingerprint density at radius 1 is 0.857 bits per heavy atom. The fraction of sp³-hybridized carbons (Fsp3) is 0.400. The minimum atomic E-state index is -0.255. The zero-order chi connectivity index (χ0) is 15.2. The fourth-order valence-electron chi connectivity index (χ4n) is 2.77. The Balaban J connectivity index is 2.05. The van der Waals surface area contributed by atoms with Crippen LogP contribution in [0.1, 0.15) is 47.9 Å². The molecule has 0 saturated carbocycles. The number of benzene rings is 2. The SMILES string of the molecule is Cc1ccc(CCC(CC(C)O)c2ccc(C)cc2)cc1. The van der Waals surface area contributed by atoms with E-state index in [1.54, 1.807) is 0 Å². The molecule has 2 aromatic rings. The van der Waals surface area contributed by atoms with Crippen LogP contribution in [0.25, 0.3) is 0 Å². The van der Waals surface area contributed by atoms with E-state index >= 15 is 0 Å². The smallest absolute Gasteiger partial charge is 0.0517 e. The van der Waals surface area contributed by atoms with E-state index in [1.807, 2.05) is 6.92 Å². The van der Waals surface area contributed by atoms with Gasteiger partial charge in [-0.2, -0.15) is 0 Å². The molecule has 1 nitrogen and oxygen atoms in total. The summed E-state index contributed by atoms with van der Waals surface area (Å²) in [6.07, 6.45) is 2.71. The highest BCUT2D eigenvalue weighted by Crippen LogP contribution is 2.27. The predicted octanol–water partition coefficient (Wildman–Crippen LogP) is 4.79. The van der Waals surface area contributed by atoms with Crippen LogP contribution < -0.4 is 0 Å². The molecule has 0 bridgehead atoms. The minimum absolute atomic E-state index is 0.255. The van der Waals surface area contributed by atoms with Gasteiger partial charge in [0.1, 0.15) is 0 Å². The fourth-order valence-corrected chi connectivity index (χ4v) is 2.77. The molecular weight excluding hydrogens is 256 g/mol. The van der Waals surface area contributed by atoms with E-state index in [9.17, 15) is 5.11 Å². The number of aliphatic hydroxyl groups is 1. The summed E-state index contributed by atoms with van der Waals surface area (Å²) < 4.78 is 0. The summed E-state index contributed by atoms with van der Waals surface area (Å²) in [6, 6.07) is 17.5. The van der Waals surface area contributed by atoms with Crippen LogP contribution in [0.4, 0.5) is 0 Å². The predicted molar refractivity (Wildman–Crippen MR) is 89.7 cm³/mol. The Bertz CT molecular complexity index is 537. The van der Waals surface area contributed by atoms with Crippen molar-refractivity contribution in [2.45, 2.75) is 52.1 Å². The van der Waals surface area contributed by atoms with Gasteiger partial charge in [0.25, 0.3) is 0 Å². The maximum Gasteiger partial charge on any atom is 0.0517 e. The van der Waals surface area contributed by atoms with Crippen molar-refractivity contribution in [1.29, 1.82) is 0 Å². The molecular formula is C20H26O. The second-order valence-corrected chi connectivity index (χ2v) is 6.22. The minimum Gasteiger partial charge on any atom is -0.393 e. The average Bonchev–Trinajstić information content (AvgIpc) is 2.46. The van der Waals surface area contributed by atoms with Gasteiger partial charge < -0.3 is 5.11 Å². The molecule has 0 saturated heterocycles. The van der Waals surface area contributed by atoms with Gasteiger partial charge in [-0.05, 0) is 57.1 Å². The van der Waals surface area contributed by atoms with Gasteiger partial charge in [0.05, 0.1) is 6.10 Å². The van der Waals surface area contributed by atoms with Gasteiger partial charge in [-0.3, -0.25) is 0 Å². The van der Waals surface area contributed by atoms with Gasteiger partial charge in [-0.1, -0.05) is 59.7 Å². The Hall–Kier alpha value is -1.60. The molecule has 0 aliphatic rings. The third-order valence-corrected chi connectivity index (χ3v) is 4.08. The molecule has 0 amide bonds. The van der Waals surface area contributed by atoms with E-state index in [1.165, 1.54) is 22.3 Å². The van der Waals surface area contributed by atoms with Crippen LogP contribution >= 0.6 is 0 Å². The molecule has 21 heavy (non-hydrogen) atoms. The number of aryl methyl sites for hydroxylation is 3.